The fraction of sp³-hybridized carbons (Fsp3) is 0.100. The minimum absolute atomic E-state index is 0.310. The Labute approximate surface area is 87.0 Å². The second-order valence-corrected chi connectivity index (χ2v) is 3.05. The third kappa shape index (κ3) is 2.60. The minimum Gasteiger partial charge on any atom is -0.366 e. The number of carbonyl (C=O) groups is 1. The smallest absolute Gasteiger partial charge is 0.249 e. The number of primary amides is 1. The SMILES string of the molecule is NC(=O)c1ccc(F)cc1C=CCS. The highest BCUT2D eigenvalue weighted by Gasteiger charge is 2.06. The summed E-state index contributed by atoms with van der Waals surface area (Å²) in [4.78, 5) is 10.9. The highest BCUT2D eigenvalue weighted by Crippen LogP contribution is 2.12. The molecule has 2 nitrogen and oxygen atoms in total. The van der Waals surface area contributed by atoms with Gasteiger partial charge in [-0.2, -0.15) is 12.6 Å². The lowest BCUT2D eigenvalue weighted by atomic mass is 10.1. The average Bonchev–Trinajstić information content (AvgIpc) is 2.14. The summed E-state index contributed by atoms with van der Waals surface area (Å²) in [5, 5.41) is 0. The molecule has 1 aromatic carbocycles. The zero-order chi connectivity index (χ0) is 10.6. The molecule has 0 aromatic heterocycles. The molecule has 0 atom stereocenters. The van der Waals surface area contributed by atoms with E-state index in [9.17, 15) is 9.18 Å². The summed E-state index contributed by atoms with van der Waals surface area (Å²) in [6.07, 6.45) is 3.33. The number of hydrogen-bond acceptors (Lipinski definition) is 2. The van der Waals surface area contributed by atoms with Crippen LogP contribution in [0.2, 0.25) is 0 Å². The Morgan fingerprint density at radius 3 is 2.86 bits per heavy atom. The molecule has 1 aromatic rings. The van der Waals surface area contributed by atoms with E-state index in [1.807, 2.05) is 0 Å². The van der Waals surface area contributed by atoms with Gasteiger partial charge < -0.3 is 5.73 Å². The van der Waals surface area contributed by atoms with Crippen LogP contribution in [0.15, 0.2) is 24.3 Å². The molecular formula is C10H10FNOS. The molecule has 0 radical (unpaired) electrons. The Kier molecular flexibility index (Phi) is 3.71. The molecule has 0 bridgehead atoms. The van der Waals surface area contributed by atoms with Crippen molar-refractivity contribution in [1.29, 1.82) is 0 Å². The van der Waals surface area contributed by atoms with Gasteiger partial charge in [0.15, 0.2) is 0 Å². The lowest BCUT2D eigenvalue weighted by molar-refractivity contribution is 0.1000. The van der Waals surface area contributed by atoms with Gasteiger partial charge in [0.2, 0.25) is 5.91 Å². The zero-order valence-corrected chi connectivity index (χ0v) is 8.30. The van der Waals surface area contributed by atoms with Gasteiger partial charge >= 0.3 is 0 Å². The molecule has 1 rings (SSSR count). The quantitative estimate of drug-likeness (QED) is 0.736. The van der Waals surface area contributed by atoms with Gasteiger partial charge in [-0.25, -0.2) is 4.39 Å². The molecule has 14 heavy (non-hydrogen) atoms. The molecule has 0 aliphatic carbocycles. The van der Waals surface area contributed by atoms with Crippen LogP contribution in [0.5, 0.6) is 0 Å². The van der Waals surface area contributed by atoms with Gasteiger partial charge in [0, 0.05) is 11.3 Å². The molecule has 0 unspecified atom stereocenters. The number of hydrogen-bond donors (Lipinski definition) is 2. The van der Waals surface area contributed by atoms with Crippen molar-refractivity contribution < 1.29 is 9.18 Å². The van der Waals surface area contributed by atoms with Crippen molar-refractivity contribution in [3.05, 3.63) is 41.2 Å². The van der Waals surface area contributed by atoms with E-state index in [-0.39, 0.29) is 0 Å². The molecule has 4 heteroatoms. The van der Waals surface area contributed by atoms with Crippen LogP contribution in [0.1, 0.15) is 15.9 Å². The second-order valence-electron chi connectivity index (χ2n) is 2.68. The van der Waals surface area contributed by atoms with Gasteiger partial charge in [-0.3, -0.25) is 4.79 Å². The first kappa shape index (κ1) is 10.8. The standard InChI is InChI=1S/C10H10FNOS/c11-8-3-4-9(10(12)13)7(6-8)2-1-5-14/h1-4,6,14H,5H2,(H2,12,13). The molecule has 0 saturated carbocycles. The Morgan fingerprint density at radius 1 is 1.57 bits per heavy atom. The van der Waals surface area contributed by atoms with Gasteiger partial charge in [0.1, 0.15) is 5.82 Å². The van der Waals surface area contributed by atoms with Gasteiger partial charge in [0.05, 0.1) is 0 Å². The normalized spacial score (nSPS) is 10.7. The number of amides is 1. The fourth-order valence-corrected chi connectivity index (χ4v) is 1.18. The summed E-state index contributed by atoms with van der Waals surface area (Å²) in [7, 11) is 0. The molecule has 0 spiro atoms. The van der Waals surface area contributed by atoms with Gasteiger partial charge in [-0.05, 0) is 23.8 Å². The van der Waals surface area contributed by atoms with Crippen molar-refractivity contribution in [2.24, 2.45) is 5.73 Å². The summed E-state index contributed by atoms with van der Waals surface area (Å²) >= 11 is 3.97. The molecule has 0 heterocycles. The lowest BCUT2D eigenvalue weighted by Gasteiger charge is -2.01. The van der Waals surface area contributed by atoms with E-state index in [4.69, 9.17) is 5.73 Å². The van der Waals surface area contributed by atoms with Crippen molar-refractivity contribution in [3.8, 4) is 0 Å². The van der Waals surface area contributed by atoms with Crippen LogP contribution in [-0.4, -0.2) is 11.7 Å². The minimum atomic E-state index is -0.566. The summed E-state index contributed by atoms with van der Waals surface area (Å²) < 4.78 is 12.8. The highest BCUT2D eigenvalue weighted by molar-refractivity contribution is 7.80. The van der Waals surface area contributed by atoms with Crippen LogP contribution in [0.3, 0.4) is 0 Å². The third-order valence-corrected chi connectivity index (χ3v) is 1.89. The van der Waals surface area contributed by atoms with Crippen LogP contribution in [0.25, 0.3) is 6.08 Å². The summed E-state index contributed by atoms with van der Waals surface area (Å²) in [6.45, 7) is 0. The van der Waals surface area contributed by atoms with Crippen LogP contribution in [0.4, 0.5) is 4.39 Å². The van der Waals surface area contributed by atoms with E-state index in [0.717, 1.165) is 0 Å². The number of benzene rings is 1. The molecule has 74 valence electrons. The average molecular weight is 211 g/mol. The van der Waals surface area contributed by atoms with Crippen LogP contribution < -0.4 is 5.73 Å². The summed E-state index contributed by atoms with van der Waals surface area (Å²) in [6, 6.07) is 3.84. The van der Waals surface area contributed by atoms with Crippen LogP contribution in [0, 0.1) is 5.82 Å². The van der Waals surface area contributed by atoms with Crippen LogP contribution in [-0.2, 0) is 0 Å². The Balaban J connectivity index is 3.15. The van der Waals surface area contributed by atoms with Gasteiger partial charge in [-0.15, -0.1) is 0 Å². The van der Waals surface area contributed by atoms with Crippen molar-refractivity contribution in [3.63, 3.8) is 0 Å². The van der Waals surface area contributed by atoms with E-state index in [0.29, 0.717) is 16.9 Å². The maximum absolute atomic E-state index is 12.8. The first-order valence-corrected chi connectivity index (χ1v) is 4.65. The molecular weight excluding hydrogens is 201 g/mol. The van der Waals surface area contributed by atoms with Crippen LogP contribution >= 0.6 is 12.6 Å². The topological polar surface area (TPSA) is 43.1 Å². The van der Waals surface area contributed by atoms with Gasteiger partial charge in [0.25, 0.3) is 0 Å². The highest BCUT2D eigenvalue weighted by atomic mass is 32.1. The molecule has 0 saturated heterocycles. The molecule has 0 fully saturated rings. The summed E-state index contributed by atoms with van der Waals surface area (Å²) in [5.41, 5.74) is 5.91. The Bertz CT molecular complexity index is 376. The second kappa shape index (κ2) is 4.81. The molecule has 1 amide bonds. The predicted octanol–water partition coefficient (Wildman–Crippen LogP) is 1.87. The Hall–Kier alpha value is -1.29. The molecule has 2 N–H and O–H groups in total. The van der Waals surface area contributed by atoms with E-state index >= 15 is 0 Å². The number of thiol groups is 1. The number of carbonyl (C=O) groups excluding carboxylic acids is 1. The van der Waals surface area contributed by atoms with Gasteiger partial charge in [-0.1, -0.05) is 12.2 Å². The van der Waals surface area contributed by atoms with E-state index < -0.39 is 11.7 Å². The fourth-order valence-electron chi connectivity index (χ4n) is 1.08. The monoisotopic (exact) mass is 211 g/mol. The maximum Gasteiger partial charge on any atom is 0.249 e. The lowest BCUT2D eigenvalue weighted by Crippen LogP contribution is -2.12. The van der Waals surface area contributed by atoms with E-state index in [1.165, 1.54) is 18.2 Å². The maximum atomic E-state index is 12.8. The van der Waals surface area contributed by atoms with Crippen molar-refractivity contribution in [2.45, 2.75) is 0 Å². The molecule has 0 aliphatic heterocycles. The third-order valence-electron chi connectivity index (χ3n) is 1.68. The van der Waals surface area contributed by atoms with Crippen molar-refractivity contribution in [1.82, 2.24) is 0 Å². The van der Waals surface area contributed by atoms with E-state index in [2.05, 4.69) is 12.6 Å². The number of halogens is 1. The molecule has 0 aliphatic rings. The first-order chi connectivity index (χ1) is 6.65. The first-order valence-electron chi connectivity index (χ1n) is 4.02. The zero-order valence-electron chi connectivity index (χ0n) is 7.40. The number of nitrogens with two attached hydrogens (primary N) is 1. The largest absolute Gasteiger partial charge is 0.366 e. The predicted molar refractivity (Wildman–Crippen MR) is 57.8 cm³/mol. The Morgan fingerprint density at radius 2 is 2.29 bits per heavy atom. The van der Waals surface area contributed by atoms with Crippen molar-refractivity contribution in [2.75, 3.05) is 5.75 Å². The van der Waals surface area contributed by atoms with Crippen molar-refractivity contribution >= 4 is 24.6 Å². The number of rotatable bonds is 3. The summed E-state index contributed by atoms with van der Waals surface area (Å²) in [5.74, 6) is -0.438. The van der Waals surface area contributed by atoms with E-state index in [1.54, 1.807) is 12.2 Å².